The fourth-order valence-corrected chi connectivity index (χ4v) is 7.26. The molecule has 0 unspecified atom stereocenters. The van der Waals surface area contributed by atoms with Gasteiger partial charge in [-0.25, -0.2) is 4.58 Å². The Labute approximate surface area is 146 Å². The lowest BCUT2D eigenvalue weighted by atomic mass is 9.62. The van der Waals surface area contributed by atoms with Gasteiger partial charge in [-0.3, -0.25) is 9.79 Å². The zero-order valence-corrected chi connectivity index (χ0v) is 13.9. The normalized spacial score (nSPS) is 37.4. The molecule has 0 amide bonds. The number of nitrogens with zero attached hydrogens (tertiary/aromatic N) is 2. The average molecular weight is 352 g/mol. The largest absolute Gasteiger partial charge is 0.504 e. The van der Waals surface area contributed by atoms with Crippen molar-refractivity contribution in [2.24, 2.45) is 4.99 Å². The van der Waals surface area contributed by atoms with Gasteiger partial charge in [-0.15, -0.1) is 11.8 Å². The molecule has 124 valence electrons. The van der Waals surface area contributed by atoms with Crippen LogP contribution in [0, 0.1) is 0 Å². The van der Waals surface area contributed by atoms with Gasteiger partial charge in [0.1, 0.15) is 18.3 Å². The highest BCUT2D eigenvalue weighted by Crippen LogP contribution is 2.62. The highest BCUT2D eigenvalue weighted by Gasteiger charge is 2.66. The van der Waals surface area contributed by atoms with E-state index in [1.807, 2.05) is 6.21 Å². The number of rotatable bonds is 0. The summed E-state index contributed by atoms with van der Waals surface area (Å²) in [6.45, 7) is 0.689. The van der Waals surface area contributed by atoms with Gasteiger partial charge < -0.3 is 15.5 Å². The van der Waals surface area contributed by atoms with Crippen LogP contribution in [0.4, 0.5) is 11.4 Å². The molecule has 6 nitrogen and oxygen atoms in total. The predicted molar refractivity (Wildman–Crippen MR) is 93.8 cm³/mol. The molecule has 3 bridgehead atoms. The van der Waals surface area contributed by atoms with Gasteiger partial charge in [0, 0.05) is 17.5 Å². The van der Waals surface area contributed by atoms with E-state index >= 15 is 0 Å². The molecule has 7 heteroatoms. The molecule has 1 fully saturated rings. The number of aliphatic imine (C=N–C) groups is 1. The van der Waals surface area contributed by atoms with Crippen LogP contribution in [0.2, 0.25) is 0 Å². The van der Waals surface area contributed by atoms with Crippen LogP contribution in [0.15, 0.2) is 16.0 Å². The zero-order chi connectivity index (χ0) is 16.7. The first-order valence-electron chi connectivity index (χ1n) is 8.59. The topological polar surface area (TPSA) is 84.9 Å². The number of carbonyl (C=O) groups excluding carboxylic acids is 1. The Hall–Kier alpha value is -2.12. The van der Waals surface area contributed by atoms with Crippen molar-refractivity contribution in [1.82, 2.24) is 4.58 Å². The summed E-state index contributed by atoms with van der Waals surface area (Å²) < 4.78 is 2.06. The molecule has 7 rings (SSSR count). The Bertz CT molecular complexity index is 1150. The number of fused-ring (bicyclic) bond motifs is 3. The monoisotopic (exact) mass is 352 g/mol. The maximum Gasteiger partial charge on any atom is 0.242 e. The van der Waals surface area contributed by atoms with E-state index in [1.54, 1.807) is 17.8 Å². The second-order valence-corrected chi connectivity index (χ2v) is 8.87. The predicted octanol–water partition coefficient (Wildman–Crippen LogP) is -0.510. The lowest BCUT2D eigenvalue weighted by molar-refractivity contribution is -0.123. The van der Waals surface area contributed by atoms with Gasteiger partial charge in [0.25, 0.3) is 0 Å². The third-order valence-corrected chi connectivity index (χ3v) is 7.98. The number of aliphatic hydroxyl groups is 1. The van der Waals surface area contributed by atoms with E-state index in [1.165, 1.54) is 0 Å². The van der Waals surface area contributed by atoms with E-state index < -0.39 is 17.6 Å². The van der Waals surface area contributed by atoms with Crippen molar-refractivity contribution < 1.29 is 15.0 Å². The first-order chi connectivity index (χ1) is 12.1. The number of anilines is 1. The van der Waals surface area contributed by atoms with Gasteiger partial charge in [-0.05, 0) is 18.1 Å². The maximum atomic E-state index is 12.8. The fourth-order valence-electron chi connectivity index (χ4n) is 5.73. The number of ketones is 1. The highest BCUT2D eigenvalue weighted by molar-refractivity contribution is 8.04. The van der Waals surface area contributed by atoms with Crippen molar-refractivity contribution in [3.05, 3.63) is 27.1 Å². The second kappa shape index (κ2) is 3.68. The van der Waals surface area contributed by atoms with Gasteiger partial charge in [-0.1, -0.05) is 0 Å². The number of carbonyl (C=O) groups is 1. The van der Waals surface area contributed by atoms with Crippen molar-refractivity contribution >= 4 is 40.7 Å². The van der Waals surface area contributed by atoms with Crippen LogP contribution >= 0.6 is 11.8 Å². The molecule has 0 saturated carbocycles. The van der Waals surface area contributed by atoms with Gasteiger partial charge in [0.2, 0.25) is 17.2 Å². The molecule has 3 N–H and O–H groups in total. The lowest BCUT2D eigenvalue weighted by Gasteiger charge is -2.45. The number of phenolic OH excluding ortho intramolecular Hbond substituents is 1. The second-order valence-electron chi connectivity index (χ2n) is 7.62. The van der Waals surface area contributed by atoms with E-state index in [0.717, 1.165) is 39.5 Å². The van der Waals surface area contributed by atoms with Crippen molar-refractivity contribution in [3.63, 3.8) is 0 Å². The smallest absolute Gasteiger partial charge is 0.242 e. The summed E-state index contributed by atoms with van der Waals surface area (Å²) in [7, 11) is 0. The molecule has 25 heavy (non-hydrogen) atoms. The molecule has 1 aromatic carbocycles. The Kier molecular flexibility index (Phi) is 1.94. The molecule has 1 saturated heterocycles. The first-order valence-corrected chi connectivity index (χ1v) is 9.47. The van der Waals surface area contributed by atoms with E-state index in [9.17, 15) is 15.0 Å². The molecule has 0 radical (unpaired) electrons. The fraction of sp³-hybridized carbons (Fsp3) is 0.389. The average Bonchev–Trinajstić information content (AvgIpc) is 3.13. The number of nitrogens with one attached hydrogen (secondary N) is 1. The molecule has 5 aliphatic heterocycles. The van der Waals surface area contributed by atoms with E-state index in [2.05, 4.69) is 14.9 Å². The molecule has 0 aromatic heterocycles. The van der Waals surface area contributed by atoms with Gasteiger partial charge in [-0.2, -0.15) is 0 Å². The van der Waals surface area contributed by atoms with Gasteiger partial charge in [0.15, 0.2) is 5.75 Å². The number of hydrogen-bond acceptors (Lipinski definition) is 6. The number of aliphatic hydroxyl groups excluding tert-OH is 1. The van der Waals surface area contributed by atoms with Crippen LogP contribution in [-0.4, -0.2) is 46.3 Å². The summed E-state index contributed by atoms with van der Waals surface area (Å²) in [4.78, 5) is 18.3. The quantitative estimate of drug-likeness (QED) is 0.433. The van der Waals surface area contributed by atoms with Crippen LogP contribution in [0.5, 0.6) is 5.75 Å². The third kappa shape index (κ3) is 1.15. The van der Waals surface area contributed by atoms with Gasteiger partial charge >= 0.3 is 0 Å². The number of hydrogen-bond donors (Lipinski definition) is 3. The SMILES string of the molecule is O=C1C=C2S[C@@H]3C[C@@]24c2c(c(O)c5c6c2=[N+](CCC=6C=N5)[C@H]1[C@@H]4O)N3. The Morgan fingerprint density at radius 3 is 3.20 bits per heavy atom. The van der Waals surface area contributed by atoms with E-state index in [0.29, 0.717) is 17.9 Å². The molecule has 4 atom stereocenters. The Morgan fingerprint density at radius 1 is 1.44 bits per heavy atom. The summed E-state index contributed by atoms with van der Waals surface area (Å²) in [6, 6.07) is -0.530. The van der Waals surface area contributed by atoms with Crippen LogP contribution in [-0.2, 0) is 10.2 Å². The minimum Gasteiger partial charge on any atom is -0.504 e. The summed E-state index contributed by atoms with van der Waals surface area (Å²) in [5.74, 6) is 0.167. The standard InChI is InChI=1S/C18H13N3O3S/c22-7-3-8-18-4-9(25-8)20-13-11(18)15-10-6(5-19-12(10)16(13)23)1-2-21(15)14(7)17(18)24/h3,5,9,14,17,24H,1-2,4H2,(H,19,20,23)/p+1/t9-,14-,17+,18+/m1/s1. The number of benzene rings is 1. The maximum absolute atomic E-state index is 12.8. The van der Waals surface area contributed by atoms with E-state index in [4.69, 9.17) is 0 Å². The van der Waals surface area contributed by atoms with Crippen molar-refractivity contribution in [3.8, 4) is 5.75 Å². The number of phenols is 1. The van der Waals surface area contributed by atoms with Crippen LogP contribution < -0.4 is 20.5 Å². The van der Waals surface area contributed by atoms with Crippen molar-refractivity contribution in [2.45, 2.75) is 35.8 Å². The molecule has 1 aliphatic carbocycles. The number of thioether (sulfide) groups is 1. The van der Waals surface area contributed by atoms with Gasteiger partial charge in [0.05, 0.1) is 27.3 Å². The van der Waals surface area contributed by atoms with E-state index in [-0.39, 0.29) is 16.9 Å². The summed E-state index contributed by atoms with van der Waals surface area (Å²) >= 11 is 1.61. The van der Waals surface area contributed by atoms with Crippen molar-refractivity contribution in [2.75, 3.05) is 11.9 Å². The first kappa shape index (κ1) is 13.1. The van der Waals surface area contributed by atoms with Crippen LogP contribution in [0.25, 0.3) is 5.57 Å². The molecule has 6 aliphatic rings. The Morgan fingerprint density at radius 2 is 2.32 bits per heavy atom. The van der Waals surface area contributed by atoms with Crippen LogP contribution in [0.1, 0.15) is 18.4 Å². The molecular formula is C18H14N3O3S+. The molecule has 1 spiro atoms. The zero-order valence-electron chi connectivity index (χ0n) is 13.1. The highest BCUT2D eigenvalue weighted by atomic mass is 32.2. The van der Waals surface area contributed by atoms with Crippen LogP contribution in [0.3, 0.4) is 0 Å². The summed E-state index contributed by atoms with van der Waals surface area (Å²) in [5.41, 5.74) is 2.82. The Balaban J connectivity index is 1.82. The third-order valence-electron chi connectivity index (χ3n) is 6.67. The lowest BCUT2D eigenvalue weighted by Crippen LogP contribution is -2.70. The molecule has 1 aromatic rings. The van der Waals surface area contributed by atoms with Crippen molar-refractivity contribution in [1.29, 1.82) is 0 Å². The molecule has 5 heterocycles. The minimum absolute atomic E-state index is 0.00966. The minimum atomic E-state index is -0.771. The summed E-state index contributed by atoms with van der Waals surface area (Å²) in [5, 5.41) is 27.7. The number of aromatic hydroxyl groups is 1. The molecular weight excluding hydrogens is 338 g/mol. The summed E-state index contributed by atoms with van der Waals surface area (Å²) in [6.07, 6.45) is 4.32.